The highest BCUT2D eigenvalue weighted by molar-refractivity contribution is 6.06. The Morgan fingerprint density at radius 1 is 0.972 bits per heavy atom. The Bertz CT molecular complexity index is 1600. The Hall–Kier alpha value is -3.84. The molecule has 0 amide bonds. The quantitative estimate of drug-likeness (QED) is 0.296. The van der Waals surface area contributed by atoms with Crippen LogP contribution in [0.5, 0.6) is 0 Å². The molecular formula is C29H29N5O2. The molecular weight excluding hydrogens is 450 g/mol. The molecule has 3 heterocycles. The normalized spacial score (nSPS) is 18.5. The van der Waals surface area contributed by atoms with Crippen LogP contribution in [-0.4, -0.2) is 35.5 Å². The number of hydrogen-bond acceptors (Lipinski definition) is 5. The molecule has 7 heteroatoms. The van der Waals surface area contributed by atoms with Gasteiger partial charge in [0.2, 0.25) is 0 Å². The molecule has 0 spiro atoms. The Kier molecular flexibility index (Phi) is 5.85. The van der Waals surface area contributed by atoms with E-state index in [0.29, 0.717) is 17.3 Å². The third-order valence-corrected chi connectivity index (χ3v) is 7.40. The second-order valence-electron chi connectivity index (χ2n) is 9.84. The SMILES string of the molecule is Cn1cc(-c2ccc(Cc3cc4c(=O)n([C@H]5CCCCC[C@@H]5O)cnc4c4ccccc34)cn2)cn1. The first-order valence-electron chi connectivity index (χ1n) is 12.6. The van der Waals surface area contributed by atoms with Crippen molar-refractivity contribution in [1.82, 2.24) is 24.3 Å². The van der Waals surface area contributed by atoms with Gasteiger partial charge in [0.1, 0.15) is 0 Å². The fraction of sp³-hybridized carbons (Fsp3) is 0.310. The van der Waals surface area contributed by atoms with Crippen LogP contribution in [0, 0.1) is 0 Å². The van der Waals surface area contributed by atoms with Crippen molar-refractivity contribution >= 4 is 21.7 Å². The summed E-state index contributed by atoms with van der Waals surface area (Å²) in [5, 5.41) is 17.6. The summed E-state index contributed by atoms with van der Waals surface area (Å²) in [6.07, 6.45) is 12.0. The van der Waals surface area contributed by atoms with E-state index in [1.54, 1.807) is 15.6 Å². The molecule has 1 aliphatic rings. The number of aromatic nitrogens is 5. The molecule has 0 bridgehead atoms. The first-order chi connectivity index (χ1) is 17.6. The van der Waals surface area contributed by atoms with Gasteiger partial charge in [-0.3, -0.25) is 19.0 Å². The Labute approximate surface area is 209 Å². The lowest BCUT2D eigenvalue weighted by Crippen LogP contribution is -2.32. The highest BCUT2D eigenvalue weighted by atomic mass is 16.3. The molecule has 1 saturated carbocycles. The van der Waals surface area contributed by atoms with Gasteiger partial charge in [-0.2, -0.15) is 5.10 Å². The highest BCUT2D eigenvalue weighted by Crippen LogP contribution is 2.30. The van der Waals surface area contributed by atoms with Crippen molar-refractivity contribution < 1.29 is 5.11 Å². The smallest absolute Gasteiger partial charge is 0.261 e. The maximum absolute atomic E-state index is 13.7. The zero-order chi connectivity index (χ0) is 24.6. The fourth-order valence-electron chi connectivity index (χ4n) is 5.50. The predicted octanol–water partition coefficient (Wildman–Crippen LogP) is 4.80. The van der Waals surface area contributed by atoms with Crippen molar-refractivity contribution in [3.63, 3.8) is 0 Å². The van der Waals surface area contributed by atoms with E-state index in [2.05, 4.69) is 22.2 Å². The Morgan fingerprint density at radius 3 is 2.58 bits per heavy atom. The molecule has 1 N–H and O–H groups in total. The molecule has 182 valence electrons. The molecule has 0 radical (unpaired) electrons. The van der Waals surface area contributed by atoms with E-state index >= 15 is 0 Å². The minimum Gasteiger partial charge on any atom is -0.391 e. The molecule has 0 unspecified atom stereocenters. The van der Waals surface area contributed by atoms with Gasteiger partial charge in [0.25, 0.3) is 5.56 Å². The molecule has 0 aliphatic heterocycles. The van der Waals surface area contributed by atoms with Gasteiger partial charge in [0.05, 0.1) is 41.3 Å². The summed E-state index contributed by atoms with van der Waals surface area (Å²) in [7, 11) is 1.89. The number of fused-ring (bicyclic) bond motifs is 3. The number of pyridine rings is 1. The summed E-state index contributed by atoms with van der Waals surface area (Å²) in [5.74, 6) is 0. The van der Waals surface area contributed by atoms with Crippen molar-refractivity contribution in [2.24, 2.45) is 7.05 Å². The van der Waals surface area contributed by atoms with Crippen LogP contribution in [0.4, 0.5) is 0 Å². The molecule has 1 aliphatic carbocycles. The summed E-state index contributed by atoms with van der Waals surface area (Å²) in [4.78, 5) is 23.1. The first-order valence-corrected chi connectivity index (χ1v) is 12.6. The van der Waals surface area contributed by atoms with Crippen molar-refractivity contribution in [3.05, 3.63) is 88.9 Å². The zero-order valence-corrected chi connectivity index (χ0v) is 20.3. The van der Waals surface area contributed by atoms with Gasteiger partial charge in [-0.1, -0.05) is 49.6 Å². The second kappa shape index (κ2) is 9.32. The van der Waals surface area contributed by atoms with E-state index in [1.165, 1.54) is 0 Å². The third-order valence-electron chi connectivity index (χ3n) is 7.40. The molecule has 7 nitrogen and oxygen atoms in total. The van der Waals surface area contributed by atoms with Crippen LogP contribution in [0.25, 0.3) is 32.9 Å². The van der Waals surface area contributed by atoms with E-state index in [1.807, 2.05) is 56.0 Å². The molecule has 5 aromatic rings. The summed E-state index contributed by atoms with van der Waals surface area (Å²) in [6, 6.07) is 14.0. The molecule has 0 saturated heterocycles. The maximum Gasteiger partial charge on any atom is 0.261 e. The van der Waals surface area contributed by atoms with Crippen LogP contribution in [0.3, 0.4) is 0 Å². The standard InChI is InChI=1S/C29H29N5O2/c1-33-17-21(16-32-33)25-12-11-19(15-30-25)13-20-14-24-28(23-8-6-5-7-22(20)23)31-18-34(29(24)36)26-9-3-2-4-10-27(26)35/h5-8,11-12,14-18,26-27,35H,2-4,9-10,13H2,1H3/t26-,27-/m0/s1. The van der Waals surface area contributed by atoms with Crippen molar-refractivity contribution in [2.45, 2.75) is 50.7 Å². The van der Waals surface area contributed by atoms with Crippen LogP contribution in [0.1, 0.15) is 49.3 Å². The highest BCUT2D eigenvalue weighted by Gasteiger charge is 2.25. The van der Waals surface area contributed by atoms with Gasteiger partial charge in [-0.25, -0.2) is 4.98 Å². The van der Waals surface area contributed by atoms with Gasteiger partial charge >= 0.3 is 0 Å². The molecule has 1 fully saturated rings. The second-order valence-corrected chi connectivity index (χ2v) is 9.84. The zero-order valence-electron chi connectivity index (χ0n) is 20.3. The number of benzene rings is 2. The van der Waals surface area contributed by atoms with Gasteiger partial charge < -0.3 is 5.11 Å². The van der Waals surface area contributed by atoms with Crippen molar-refractivity contribution in [1.29, 1.82) is 0 Å². The van der Waals surface area contributed by atoms with Crippen molar-refractivity contribution in [3.8, 4) is 11.3 Å². The molecule has 2 aromatic carbocycles. The first kappa shape index (κ1) is 22.6. The lowest BCUT2D eigenvalue weighted by Gasteiger charge is -2.23. The minimum atomic E-state index is -0.520. The van der Waals surface area contributed by atoms with Crippen LogP contribution in [0.15, 0.2) is 72.2 Å². The van der Waals surface area contributed by atoms with E-state index in [9.17, 15) is 9.90 Å². The van der Waals surface area contributed by atoms with E-state index in [0.717, 1.165) is 65.3 Å². The van der Waals surface area contributed by atoms with Gasteiger partial charge in [-0.05, 0) is 47.9 Å². The van der Waals surface area contributed by atoms with Gasteiger partial charge in [-0.15, -0.1) is 0 Å². The number of hydrogen-bond donors (Lipinski definition) is 1. The van der Waals surface area contributed by atoms with Crippen LogP contribution >= 0.6 is 0 Å². The number of aliphatic hydroxyl groups is 1. The average Bonchev–Trinajstić information content (AvgIpc) is 3.22. The number of aliphatic hydroxyl groups excluding tert-OH is 1. The summed E-state index contributed by atoms with van der Waals surface area (Å²) in [6.45, 7) is 0. The topological polar surface area (TPSA) is 85.8 Å². The fourth-order valence-corrected chi connectivity index (χ4v) is 5.50. The van der Waals surface area contributed by atoms with E-state index < -0.39 is 6.10 Å². The summed E-state index contributed by atoms with van der Waals surface area (Å²) in [5.41, 5.74) is 4.62. The minimum absolute atomic E-state index is 0.0806. The predicted molar refractivity (Wildman–Crippen MR) is 141 cm³/mol. The van der Waals surface area contributed by atoms with E-state index in [-0.39, 0.29) is 11.6 Å². The lowest BCUT2D eigenvalue weighted by atomic mass is 9.96. The molecule has 36 heavy (non-hydrogen) atoms. The van der Waals surface area contributed by atoms with Crippen molar-refractivity contribution in [2.75, 3.05) is 0 Å². The Balaban J connectivity index is 1.43. The average molecular weight is 480 g/mol. The Morgan fingerprint density at radius 2 is 1.81 bits per heavy atom. The van der Waals surface area contributed by atoms with Crippen LogP contribution in [0.2, 0.25) is 0 Å². The van der Waals surface area contributed by atoms with Gasteiger partial charge in [0, 0.05) is 30.4 Å². The monoisotopic (exact) mass is 479 g/mol. The largest absolute Gasteiger partial charge is 0.391 e. The lowest BCUT2D eigenvalue weighted by molar-refractivity contribution is 0.103. The van der Waals surface area contributed by atoms with Crippen LogP contribution in [-0.2, 0) is 13.5 Å². The molecule has 2 atom stereocenters. The van der Waals surface area contributed by atoms with E-state index in [4.69, 9.17) is 4.98 Å². The third kappa shape index (κ3) is 4.09. The number of aryl methyl sites for hydroxylation is 1. The van der Waals surface area contributed by atoms with Gasteiger partial charge in [0.15, 0.2) is 0 Å². The molecule has 6 rings (SSSR count). The number of nitrogens with zero attached hydrogens (tertiary/aromatic N) is 5. The number of rotatable bonds is 4. The summed E-state index contributed by atoms with van der Waals surface area (Å²) >= 11 is 0. The van der Waals surface area contributed by atoms with Crippen LogP contribution < -0.4 is 5.56 Å². The summed E-state index contributed by atoms with van der Waals surface area (Å²) < 4.78 is 3.43. The molecule has 3 aromatic heterocycles. The maximum atomic E-state index is 13.7.